The lowest BCUT2D eigenvalue weighted by molar-refractivity contribution is -0.123. The van der Waals surface area contributed by atoms with Crippen molar-refractivity contribution in [3.8, 4) is 0 Å². The van der Waals surface area contributed by atoms with Gasteiger partial charge in [0, 0.05) is 11.3 Å². The van der Waals surface area contributed by atoms with Crippen LogP contribution < -0.4 is 16.0 Å². The number of anilines is 1. The van der Waals surface area contributed by atoms with Crippen LogP contribution in [0.1, 0.15) is 11.6 Å². The van der Waals surface area contributed by atoms with Gasteiger partial charge in [0.05, 0.1) is 0 Å². The number of hydrogen-bond donors (Lipinski definition) is 2. The van der Waals surface area contributed by atoms with Crippen molar-refractivity contribution in [2.24, 2.45) is 5.73 Å². The molecular formula is C11H13N3O2. The lowest BCUT2D eigenvalue weighted by atomic mass is 10.1. The molecule has 16 heavy (non-hydrogen) atoms. The Morgan fingerprint density at radius 2 is 2.19 bits per heavy atom. The number of nitrogens with zero attached hydrogens (tertiary/aromatic N) is 1. The van der Waals surface area contributed by atoms with Crippen molar-refractivity contribution >= 4 is 17.5 Å². The fourth-order valence-electron chi connectivity index (χ4n) is 1.98. The van der Waals surface area contributed by atoms with Crippen molar-refractivity contribution in [2.75, 3.05) is 18.5 Å². The van der Waals surface area contributed by atoms with E-state index in [1.54, 1.807) is 7.05 Å². The van der Waals surface area contributed by atoms with Crippen LogP contribution >= 0.6 is 0 Å². The van der Waals surface area contributed by atoms with Crippen LogP contribution in [-0.4, -0.2) is 25.4 Å². The highest BCUT2D eigenvalue weighted by atomic mass is 16.2. The van der Waals surface area contributed by atoms with Crippen molar-refractivity contribution in [3.63, 3.8) is 0 Å². The molecule has 1 atom stereocenters. The van der Waals surface area contributed by atoms with Crippen molar-refractivity contribution < 1.29 is 9.59 Å². The molecular weight excluding hydrogens is 206 g/mol. The second-order valence-corrected chi connectivity index (χ2v) is 3.67. The molecule has 0 spiro atoms. The molecule has 84 valence electrons. The molecule has 1 unspecified atom stereocenters. The highest BCUT2D eigenvalue weighted by Gasteiger charge is 2.36. The molecule has 0 bridgehead atoms. The number of nitrogens with two attached hydrogens (primary N) is 1. The maximum absolute atomic E-state index is 12.0. The van der Waals surface area contributed by atoms with E-state index in [1.165, 1.54) is 4.90 Å². The molecule has 1 aromatic rings. The number of para-hydroxylation sites is 1. The topological polar surface area (TPSA) is 75.4 Å². The summed E-state index contributed by atoms with van der Waals surface area (Å²) in [6.07, 6.45) is 0. The molecule has 5 heteroatoms. The molecule has 0 aliphatic carbocycles. The van der Waals surface area contributed by atoms with E-state index in [2.05, 4.69) is 5.32 Å². The van der Waals surface area contributed by atoms with Crippen LogP contribution in [0.2, 0.25) is 0 Å². The number of hydrogen-bond acceptors (Lipinski definition) is 3. The van der Waals surface area contributed by atoms with Crippen LogP contribution in [0.25, 0.3) is 0 Å². The number of carbonyl (C=O) groups excluding carboxylic acids is 2. The first-order valence-corrected chi connectivity index (χ1v) is 5.01. The number of carbonyl (C=O) groups is 2. The van der Waals surface area contributed by atoms with Crippen molar-refractivity contribution in [1.29, 1.82) is 0 Å². The van der Waals surface area contributed by atoms with Crippen LogP contribution in [0, 0.1) is 0 Å². The van der Waals surface area contributed by atoms with Gasteiger partial charge in [0.1, 0.15) is 12.6 Å². The summed E-state index contributed by atoms with van der Waals surface area (Å²) in [5.41, 5.74) is 6.77. The number of benzene rings is 1. The lowest BCUT2D eigenvalue weighted by Crippen LogP contribution is -2.39. The zero-order valence-corrected chi connectivity index (χ0v) is 8.93. The van der Waals surface area contributed by atoms with Gasteiger partial charge in [-0.1, -0.05) is 18.2 Å². The van der Waals surface area contributed by atoms with E-state index in [4.69, 9.17) is 5.73 Å². The van der Waals surface area contributed by atoms with Crippen LogP contribution in [0.5, 0.6) is 0 Å². The molecule has 5 nitrogen and oxygen atoms in total. The summed E-state index contributed by atoms with van der Waals surface area (Å²) in [4.78, 5) is 24.3. The summed E-state index contributed by atoms with van der Waals surface area (Å²) in [5.74, 6) is -0.651. The Balaban J connectivity index is 2.42. The van der Waals surface area contributed by atoms with Gasteiger partial charge < -0.3 is 16.0 Å². The minimum Gasteiger partial charge on any atom is -0.368 e. The summed E-state index contributed by atoms with van der Waals surface area (Å²) in [7, 11) is 1.72. The number of fused-ring (bicyclic) bond motifs is 1. The van der Waals surface area contributed by atoms with Gasteiger partial charge in [-0.25, -0.2) is 0 Å². The first-order chi connectivity index (χ1) is 7.65. The highest BCUT2D eigenvalue weighted by molar-refractivity contribution is 6.07. The van der Waals surface area contributed by atoms with E-state index in [0.29, 0.717) is 0 Å². The largest absolute Gasteiger partial charge is 0.368 e. The molecule has 2 amide bonds. The fourth-order valence-corrected chi connectivity index (χ4v) is 1.98. The summed E-state index contributed by atoms with van der Waals surface area (Å²) in [6, 6.07) is 7.00. The van der Waals surface area contributed by atoms with Crippen LogP contribution in [0.15, 0.2) is 24.3 Å². The SMILES string of the molecule is CNC1C(=O)N(CC(N)=O)c2ccccc21. The van der Waals surface area contributed by atoms with Gasteiger partial charge in [-0.3, -0.25) is 9.59 Å². The molecule has 0 saturated carbocycles. The van der Waals surface area contributed by atoms with Crippen LogP contribution in [-0.2, 0) is 9.59 Å². The maximum Gasteiger partial charge on any atom is 0.249 e. The molecule has 1 aromatic carbocycles. The number of rotatable bonds is 3. The molecule has 0 fully saturated rings. The normalized spacial score (nSPS) is 18.7. The van der Waals surface area contributed by atoms with E-state index in [1.807, 2.05) is 24.3 Å². The van der Waals surface area contributed by atoms with Crippen molar-refractivity contribution in [2.45, 2.75) is 6.04 Å². The Hall–Kier alpha value is -1.88. The summed E-state index contributed by atoms with van der Waals surface area (Å²) in [6.45, 7) is -0.0754. The second-order valence-electron chi connectivity index (χ2n) is 3.67. The van der Waals surface area contributed by atoms with Gasteiger partial charge in [-0.15, -0.1) is 0 Å². The molecule has 1 aliphatic heterocycles. The minimum absolute atomic E-state index is 0.0754. The van der Waals surface area contributed by atoms with Gasteiger partial charge in [0.15, 0.2) is 0 Å². The van der Waals surface area contributed by atoms with E-state index in [-0.39, 0.29) is 18.5 Å². The molecule has 3 N–H and O–H groups in total. The molecule has 2 rings (SSSR count). The predicted octanol–water partition coefficient (Wildman–Crippen LogP) is -0.221. The average Bonchev–Trinajstić information content (AvgIpc) is 2.52. The monoisotopic (exact) mass is 219 g/mol. The standard InChI is InChI=1S/C11H13N3O2/c1-13-10-7-4-2-3-5-8(7)14(11(10)16)6-9(12)15/h2-5,10,13H,6H2,1H3,(H2,12,15). The Bertz CT molecular complexity index is 445. The second kappa shape index (κ2) is 3.94. The number of primary amides is 1. The van der Waals surface area contributed by atoms with E-state index in [9.17, 15) is 9.59 Å². The number of likely N-dealkylation sites (N-methyl/N-ethyl adjacent to an activating group) is 1. The smallest absolute Gasteiger partial charge is 0.249 e. The van der Waals surface area contributed by atoms with E-state index in [0.717, 1.165) is 11.3 Å². The van der Waals surface area contributed by atoms with Gasteiger partial charge in [-0.05, 0) is 13.1 Å². The molecule has 0 aromatic heterocycles. The quantitative estimate of drug-likeness (QED) is 0.738. The van der Waals surface area contributed by atoms with Gasteiger partial charge in [0.25, 0.3) is 0 Å². The van der Waals surface area contributed by atoms with Crippen LogP contribution in [0.3, 0.4) is 0 Å². The summed E-state index contributed by atoms with van der Waals surface area (Å²) >= 11 is 0. The zero-order valence-electron chi connectivity index (χ0n) is 8.93. The minimum atomic E-state index is -0.514. The highest BCUT2D eigenvalue weighted by Crippen LogP contribution is 2.34. The van der Waals surface area contributed by atoms with E-state index < -0.39 is 5.91 Å². The fraction of sp³-hybridized carbons (Fsp3) is 0.273. The molecule has 1 heterocycles. The van der Waals surface area contributed by atoms with Gasteiger partial charge in [-0.2, -0.15) is 0 Å². The lowest BCUT2D eigenvalue weighted by Gasteiger charge is -2.15. The van der Waals surface area contributed by atoms with Crippen LogP contribution in [0.4, 0.5) is 5.69 Å². The molecule has 1 aliphatic rings. The first-order valence-electron chi connectivity index (χ1n) is 5.01. The first kappa shape index (κ1) is 10.6. The third-order valence-corrected chi connectivity index (χ3v) is 2.65. The van der Waals surface area contributed by atoms with Crippen molar-refractivity contribution in [1.82, 2.24) is 5.32 Å². The maximum atomic E-state index is 12.0. The average molecular weight is 219 g/mol. The summed E-state index contributed by atoms with van der Waals surface area (Å²) < 4.78 is 0. The Kier molecular flexibility index (Phi) is 2.62. The zero-order chi connectivity index (χ0) is 11.7. The number of nitrogens with one attached hydrogen (secondary N) is 1. The van der Waals surface area contributed by atoms with Crippen molar-refractivity contribution in [3.05, 3.63) is 29.8 Å². The Morgan fingerprint density at radius 3 is 2.81 bits per heavy atom. The Morgan fingerprint density at radius 1 is 1.50 bits per heavy atom. The van der Waals surface area contributed by atoms with Gasteiger partial charge >= 0.3 is 0 Å². The third kappa shape index (κ3) is 1.55. The Labute approximate surface area is 93.2 Å². The van der Waals surface area contributed by atoms with Gasteiger partial charge in [0.2, 0.25) is 11.8 Å². The predicted molar refractivity (Wildman–Crippen MR) is 59.8 cm³/mol. The molecule has 0 saturated heterocycles. The third-order valence-electron chi connectivity index (χ3n) is 2.65. The molecule has 0 radical (unpaired) electrons. The van der Waals surface area contributed by atoms with E-state index >= 15 is 0 Å². The summed E-state index contributed by atoms with van der Waals surface area (Å²) in [5, 5.41) is 2.93. The number of amides is 2.